The Morgan fingerprint density at radius 2 is 2.31 bits per heavy atom. The van der Waals surface area contributed by atoms with Crippen LogP contribution >= 0.6 is 11.8 Å². The summed E-state index contributed by atoms with van der Waals surface area (Å²) in [7, 11) is 1.76. The number of aliphatic hydroxyl groups is 1. The lowest BCUT2D eigenvalue weighted by Gasteiger charge is -2.05. The Labute approximate surface area is 96.7 Å². The molecule has 6 nitrogen and oxygen atoms in total. The van der Waals surface area contributed by atoms with E-state index in [-0.39, 0.29) is 0 Å². The van der Waals surface area contributed by atoms with Crippen LogP contribution in [0.5, 0.6) is 0 Å². The van der Waals surface area contributed by atoms with E-state index >= 15 is 0 Å². The molecule has 7 heteroatoms. The minimum atomic E-state index is -0.500. The van der Waals surface area contributed by atoms with E-state index in [1.54, 1.807) is 30.9 Å². The van der Waals surface area contributed by atoms with Gasteiger partial charge in [0, 0.05) is 13.2 Å². The maximum Gasteiger partial charge on any atom is 0.215 e. The van der Waals surface area contributed by atoms with E-state index < -0.39 is 6.10 Å². The summed E-state index contributed by atoms with van der Waals surface area (Å²) in [6.07, 6.45) is 1.16. The Morgan fingerprint density at radius 3 is 2.94 bits per heavy atom. The Bertz CT molecular complexity index is 484. The van der Waals surface area contributed by atoms with Gasteiger partial charge in [-0.1, -0.05) is 0 Å². The molecule has 0 amide bonds. The molecule has 0 unspecified atom stereocenters. The highest BCUT2D eigenvalue weighted by Crippen LogP contribution is 2.24. The Balaban J connectivity index is 2.22. The molecule has 2 aromatic heterocycles. The largest absolute Gasteiger partial charge is 0.389 e. The first-order chi connectivity index (χ1) is 7.66. The SMILES string of the molecule is C[C@H](O)c1ccnc(Sc2nnnn2C)c1. The van der Waals surface area contributed by atoms with Crippen molar-refractivity contribution in [2.75, 3.05) is 0 Å². The average Bonchev–Trinajstić information content (AvgIpc) is 2.65. The zero-order valence-corrected chi connectivity index (χ0v) is 9.72. The number of nitrogens with zero attached hydrogens (tertiary/aromatic N) is 5. The number of hydrogen-bond donors (Lipinski definition) is 1. The number of aryl methyl sites for hydroxylation is 1. The van der Waals surface area contributed by atoms with Crippen LogP contribution in [0.2, 0.25) is 0 Å². The van der Waals surface area contributed by atoms with Gasteiger partial charge in [-0.25, -0.2) is 9.67 Å². The fourth-order valence-electron chi connectivity index (χ4n) is 1.14. The molecule has 0 saturated carbocycles. The molecule has 2 rings (SSSR count). The molecule has 0 aromatic carbocycles. The van der Waals surface area contributed by atoms with Crippen LogP contribution in [-0.4, -0.2) is 30.3 Å². The normalized spacial score (nSPS) is 12.7. The Kier molecular flexibility index (Phi) is 3.16. The number of hydrogen-bond acceptors (Lipinski definition) is 6. The van der Waals surface area contributed by atoms with E-state index in [2.05, 4.69) is 20.5 Å². The molecule has 2 heterocycles. The number of aromatic nitrogens is 5. The molecule has 1 atom stereocenters. The van der Waals surface area contributed by atoms with Gasteiger partial charge in [-0.2, -0.15) is 0 Å². The van der Waals surface area contributed by atoms with Gasteiger partial charge in [0.25, 0.3) is 0 Å². The highest BCUT2D eigenvalue weighted by Gasteiger charge is 2.08. The molecule has 1 N–H and O–H groups in total. The van der Waals surface area contributed by atoms with Crippen LogP contribution in [0.15, 0.2) is 28.5 Å². The summed E-state index contributed by atoms with van der Waals surface area (Å²) >= 11 is 1.36. The summed E-state index contributed by atoms with van der Waals surface area (Å²) in [5.74, 6) is 0. The minimum absolute atomic E-state index is 0.500. The van der Waals surface area contributed by atoms with E-state index in [4.69, 9.17) is 0 Å². The summed E-state index contributed by atoms with van der Waals surface area (Å²) in [4.78, 5) is 4.18. The summed E-state index contributed by atoms with van der Waals surface area (Å²) in [5.41, 5.74) is 0.827. The van der Waals surface area contributed by atoms with Crippen molar-refractivity contribution in [3.8, 4) is 0 Å². The van der Waals surface area contributed by atoms with Crippen LogP contribution in [0.3, 0.4) is 0 Å². The third-order valence-electron chi connectivity index (χ3n) is 2.02. The van der Waals surface area contributed by atoms with Crippen LogP contribution in [0.25, 0.3) is 0 Å². The van der Waals surface area contributed by atoms with Crippen molar-refractivity contribution in [1.29, 1.82) is 0 Å². The Hall–Kier alpha value is -1.47. The van der Waals surface area contributed by atoms with Crippen molar-refractivity contribution in [1.82, 2.24) is 25.2 Å². The molecule has 84 valence electrons. The van der Waals surface area contributed by atoms with Crippen molar-refractivity contribution < 1.29 is 5.11 Å². The van der Waals surface area contributed by atoms with Crippen molar-refractivity contribution in [3.05, 3.63) is 23.9 Å². The quantitative estimate of drug-likeness (QED) is 0.851. The molecule has 0 aliphatic rings. The number of aliphatic hydroxyl groups excluding tert-OH is 1. The van der Waals surface area contributed by atoms with Gasteiger partial charge < -0.3 is 5.11 Å². The molecule has 0 radical (unpaired) electrons. The van der Waals surface area contributed by atoms with Gasteiger partial charge in [0.2, 0.25) is 5.16 Å². The van der Waals surface area contributed by atoms with Gasteiger partial charge in [0.1, 0.15) is 5.03 Å². The van der Waals surface area contributed by atoms with E-state index in [1.807, 2.05) is 6.07 Å². The van der Waals surface area contributed by atoms with Crippen LogP contribution < -0.4 is 0 Å². The predicted molar refractivity (Wildman–Crippen MR) is 57.8 cm³/mol. The second kappa shape index (κ2) is 4.58. The van der Waals surface area contributed by atoms with E-state index in [9.17, 15) is 5.11 Å². The van der Waals surface area contributed by atoms with Crippen molar-refractivity contribution in [2.45, 2.75) is 23.2 Å². The molecule has 0 bridgehead atoms. The van der Waals surface area contributed by atoms with Crippen LogP contribution in [-0.2, 0) is 7.05 Å². The maximum absolute atomic E-state index is 9.45. The van der Waals surface area contributed by atoms with E-state index in [1.165, 1.54) is 11.8 Å². The van der Waals surface area contributed by atoms with Crippen molar-refractivity contribution >= 4 is 11.8 Å². The number of pyridine rings is 1. The van der Waals surface area contributed by atoms with Gasteiger partial charge in [-0.05, 0) is 46.8 Å². The third kappa shape index (κ3) is 2.37. The summed E-state index contributed by atoms with van der Waals surface area (Å²) in [6.45, 7) is 1.72. The lowest BCUT2D eigenvalue weighted by Crippen LogP contribution is -1.95. The van der Waals surface area contributed by atoms with Gasteiger partial charge >= 0.3 is 0 Å². The third-order valence-corrected chi connectivity index (χ3v) is 2.98. The summed E-state index contributed by atoms with van der Waals surface area (Å²) in [5, 5.41) is 22.0. The lowest BCUT2D eigenvalue weighted by molar-refractivity contribution is 0.199. The predicted octanol–water partition coefficient (Wildman–Crippen LogP) is 0.810. The first-order valence-electron chi connectivity index (χ1n) is 4.71. The summed E-state index contributed by atoms with van der Waals surface area (Å²) in [6, 6.07) is 3.60. The molecule has 2 aromatic rings. The average molecular weight is 237 g/mol. The molecule has 0 aliphatic carbocycles. The molecule has 0 fully saturated rings. The monoisotopic (exact) mass is 237 g/mol. The fraction of sp³-hybridized carbons (Fsp3) is 0.333. The molecule has 16 heavy (non-hydrogen) atoms. The zero-order valence-electron chi connectivity index (χ0n) is 8.90. The smallest absolute Gasteiger partial charge is 0.215 e. The lowest BCUT2D eigenvalue weighted by atomic mass is 10.2. The van der Waals surface area contributed by atoms with Crippen molar-refractivity contribution in [3.63, 3.8) is 0 Å². The zero-order chi connectivity index (χ0) is 11.5. The Morgan fingerprint density at radius 1 is 1.50 bits per heavy atom. The van der Waals surface area contributed by atoms with E-state index in [0.717, 1.165) is 10.6 Å². The van der Waals surface area contributed by atoms with Gasteiger partial charge in [-0.15, -0.1) is 5.10 Å². The topological polar surface area (TPSA) is 76.7 Å². The molecular formula is C9H11N5OS. The van der Waals surface area contributed by atoms with Gasteiger partial charge in [-0.3, -0.25) is 0 Å². The standard InChI is InChI=1S/C9H11N5OS/c1-6(15)7-3-4-10-8(5-7)16-9-11-12-13-14(9)2/h3-6,15H,1-2H3/t6-/m0/s1. The first kappa shape index (κ1) is 11.0. The van der Waals surface area contributed by atoms with Crippen LogP contribution in [0.4, 0.5) is 0 Å². The molecule has 0 spiro atoms. The second-order valence-corrected chi connectivity index (χ2v) is 4.28. The van der Waals surface area contributed by atoms with Gasteiger partial charge in [0.05, 0.1) is 6.10 Å². The fourth-order valence-corrected chi connectivity index (χ4v) is 1.88. The molecule has 0 saturated heterocycles. The van der Waals surface area contributed by atoms with Crippen LogP contribution in [0, 0.1) is 0 Å². The van der Waals surface area contributed by atoms with E-state index in [0.29, 0.717) is 5.16 Å². The maximum atomic E-state index is 9.45. The summed E-state index contributed by atoms with van der Waals surface area (Å²) < 4.78 is 1.57. The van der Waals surface area contributed by atoms with Crippen LogP contribution in [0.1, 0.15) is 18.6 Å². The number of tetrazole rings is 1. The highest BCUT2D eigenvalue weighted by molar-refractivity contribution is 7.99. The number of rotatable bonds is 3. The molecule has 0 aliphatic heterocycles. The first-order valence-corrected chi connectivity index (χ1v) is 5.52. The molecular weight excluding hydrogens is 226 g/mol. The van der Waals surface area contributed by atoms with Crippen molar-refractivity contribution in [2.24, 2.45) is 7.05 Å². The highest BCUT2D eigenvalue weighted by atomic mass is 32.2. The second-order valence-electron chi connectivity index (χ2n) is 3.29. The minimum Gasteiger partial charge on any atom is -0.389 e. The van der Waals surface area contributed by atoms with Gasteiger partial charge in [0.15, 0.2) is 0 Å².